The van der Waals surface area contributed by atoms with Crippen LogP contribution in [0.4, 0.5) is 30.8 Å². The van der Waals surface area contributed by atoms with Crippen LogP contribution in [0, 0.1) is 0 Å². The number of morpholine rings is 1. The minimum absolute atomic E-state index is 0.0205. The van der Waals surface area contributed by atoms with Crippen LogP contribution >= 0.6 is 0 Å². The number of aromatic nitrogens is 3. The van der Waals surface area contributed by atoms with E-state index < -0.39 is 11.7 Å². The number of ether oxygens (including phenoxy) is 1. The van der Waals surface area contributed by atoms with Crippen molar-refractivity contribution in [3.8, 4) is 11.3 Å². The number of piperazine rings is 1. The van der Waals surface area contributed by atoms with Crippen LogP contribution in [0.1, 0.15) is 38.8 Å². The second-order valence-corrected chi connectivity index (χ2v) is 11.2. The van der Waals surface area contributed by atoms with Crippen molar-refractivity contribution in [2.24, 2.45) is 0 Å². The van der Waals surface area contributed by atoms with Crippen LogP contribution in [0.3, 0.4) is 0 Å². The Bertz CT molecular complexity index is 1290. The van der Waals surface area contributed by atoms with Gasteiger partial charge in [-0.25, -0.2) is 9.97 Å². The van der Waals surface area contributed by atoms with Crippen LogP contribution in [0.5, 0.6) is 0 Å². The Morgan fingerprint density at radius 1 is 0.897 bits per heavy atom. The number of halogens is 3. The highest BCUT2D eigenvalue weighted by atomic mass is 19.4. The summed E-state index contributed by atoms with van der Waals surface area (Å²) in [5.74, 6) is 1.39. The van der Waals surface area contributed by atoms with E-state index in [1.165, 1.54) is 17.8 Å². The van der Waals surface area contributed by atoms with Gasteiger partial charge < -0.3 is 19.4 Å². The number of hydrogen-bond acceptors (Lipinski definition) is 7. The minimum atomic E-state index is -4.46. The molecule has 0 saturated carbocycles. The predicted octanol–water partition coefficient (Wildman–Crippen LogP) is 5.41. The highest BCUT2D eigenvalue weighted by Gasteiger charge is 2.37. The Balaban J connectivity index is 1.46. The summed E-state index contributed by atoms with van der Waals surface area (Å²) in [5.41, 5.74) is 2.40. The lowest BCUT2D eigenvalue weighted by molar-refractivity contribution is -0.137. The summed E-state index contributed by atoms with van der Waals surface area (Å²) in [6.07, 6.45) is -3.04. The Hall–Kier alpha value is -3.40. The summed E-state index contributed by atoms with van der Waals surface area (Å²) in [7, 11) is 0. The first kappa shape index (κ1) is 27.2. The van der Waals surface area contributed by atoms with Gasteiger partial charge in [-0.3, -0.25) is 0 Å². The molecule has 0 amide bonds. The Morgan fingerprint density at radius 2 is 1.62 bits per heavy atom. The van der Waals surface area contributed by atoms with Crippen LogP contribution in [0.25, 0.3) is 11.3 Å². The second kappa shape index (κ2) is 10.6. The lowest BCUT2D eigenvalue weighted by Gasteiger charge is -2.42. The molecule has 0 spiro atoms. The molecule has 1 atom stereocenters. The zero-order valence-electron chi connectivity index (χ0n) is 22.9. The molecule has 1 aromatic carbocycles. The smallest absolute Gasteiger partial charge is 0.378 e. The third kappa shape index (κ3) is 5.95. The molecule has 0 radical (unpaired) electrons. The Kier molecular flexibility index (Phi) is 7.41. The molecule has 0 bridgehead atoms. The molecule has 4 heterocycles. The van der Waals surface area contributed by atoms with E-state index in [1.807, 2.05) is 13.0 Å². The molecule has 2 saturated heterocycles. The van der Waals surface area contributed by atoms with Gasteiger partial charge in [-0.1, -0.05) is 45.0 Å². The number of rotatable bonds is 4. The highest BCUT2D eigenvalue weighted by Crippen LogP contribution is 2.36. The number of nitrogens with zero attached hydrogens (tertiary/aromatic N) is 6. The molecule has 0 aliphatic carbocycles. The number of pyridine rings is 1. The van der Waals surface area contributed by atoms with Crippen molar-refractivity contribution < 1.29 is 17.9 Å². The third-order valence-corrected chi connectivity index (χ3v) is 7.35. The second-order valence-electron chi connectivity index (χ2n) is 11.2. The van der Waals surface area contributed by atoms with Crippen molar-refractivity contribution in [3.05, 3.63) is 59.8 Å². The topological polar surface area (TPSA) is 57.6 Å². The van der Waals surface area contributed by atoms with Crippen molar-refractivity contribution in [1.29, 1.82) is 0 Å². The zero-order chi connectivity index (χ0) is 27.8. The molecule has 5 rings (SSSR count). The van der Waals surface area contributed by atoms with E-state index >= 15 is 0 Å². The quantitative estimate of drug-likeness (QED) is 0.439. The van der Waals surface area contributed by atoms with Crippen molar-refractivity contribution in [2.45, 2.75) is 45.3 Å². The molecule has 10 heteroatoms. The maximum Gasteiger partial charge on any atom is 0.419 e. The first-order valence-corrected chi connectivity index (χ1v) is 13.4. The maximum absolute atomic E-state index is 13.7. The summed E-state index contributed by atoms with van der Waals surface area (Å²) in [4.78, 5) is 20.0. The summed E-state index contributed by atoms with van der Waals surface area (Å²) in [5, 5.41) is 0. The molecule has 2 aromatic heterocycles. The average molecular weight is 541 g/mol. The number of alkyl halides is 3. The molecule has 3 aromatic rings. The van der Waals surface area contributed by atoms with E-state index in [4.69, 9.17) is 14.7 Å². The molecule has 2 aliphatic heterocycles. The third-order valence-electron chi connectivity index (χ3n) is 7.35. The normalized spacial score (nSPS) is 18.9. The maximum atomic E-state index is 13.7. The van der Waals surface area contributed by atoms with Gasteiger partial charge >= 0.3 is 6.18 Å². The molecular weight excluding hydrogens is 505 g/mol. The van der Waals surface area contributed by atoms with Gasteiger partial charge in [-0.15, -0.1) is 0 Å². The summed E-state index contributed by atoms with van der Waals surface area (Å²) < 4.78 is 46.5. The van der Waals surface area contributed by atoms with Crippen LogP contribution in [-0.2, 0) is 16.3 Å². The SMILES string of the molecule is C[C@@H]1CN(c2ncccc2C(F)(F)F)CCN1c1cc(-c2ccc(C(C)(C)C)cc2)nc(N2CCOCC2)n1. The van der Waals surface area contributed by atoms with Crippen LogP contribution in [0.2, 0.25) is 0 Å². The van der Waals surface area contributed by atoms with Crippen LogP contribution in [0.15, 0.2) is 48.7 Å². The molecule has 0 N–H and O–H groups in total. The molecule has 39 heavy (non-hydrogen) atoms. The number of anilines is 3. The standard InChI is InChI=1S/C29H35F3N6O/c1-20-19-37(26-23(29(30,31)32)6-5-11-33-26)12-13-38(20)25-18-24(21-7-9-22(10-8-21)28(2,3)4)34-27(35-25)36-14-16-39-17-15-36/h5-11,18,20H,12-17,19H2,1-4H3/t20-/m1/s1. The van der Waals surface area contributed by atoms with Gasteiger partial charge in [0.15, 0.2) is 0 Å². The lowest BCUT2D eigenvalue weighted by atomic mass is 9.86. The van der Waals surface area contributed by atoms with Gasteiger partial charge in [0.1, 0.15) is 11.6 Å². The van der Waals surface area contributed by atoms with E-state index in [0.717, 1.165) is 23.1 Å². The summed E-state index contributed by atoms with van der Waals surface area (Å²) in [6.45, 7) is 12.5. The van der Waals surface area contributed by atoms with Gasteiger partial charge in [0.25, 0.3) is 0 Å². The molecule has 2 fully saturated rings. The van der Waals surface area contributed by atoms with Crippen molar-refractivity contribution in [1.82, 2.24) is 15.0 Å². The number of hydrogen-bond donors (Lipinski definition) is 0. The zero-order valence-corrected chi connectivity index (χ0v) is 22.9. The number of benzene rings is 1. The fourth-order valence-corrected chi connectivity index (χ4v) is 5.12. The van der Waals surface area contributed by atoms with Crippen LogP contribution < -0.4 is 14.7 Å². The van der Waals surface area contributed by atoms with E-state index in [-0.39, 0.29) is 17.3 Å². The highest BCUT2D eigenvalue weighted by molar-refractivity contribution is 5.66. The van der Waals surface area contributed by atoms with Crippen molar-refractivity contribution in [3.63, 3.8) is 0 Å². The first-order chi connectivity index (χ1) is 18.5. The Morgan fingerprint density at radius 3 is 2.26 bits per heavy atom. The molecular formula is C29H35F3N6O. The molecule has 7 nitrogen and oxygen atoms in total. The fraction of sp³-hybridized carbons (Fsp3) is 0.483. The largest absolute Gasteiger partial charge is 0.419 e. The lowest BCUT2D eigenvalue weighted by Crippen LogP contribution is -2.53. The van der Waals surface area contributed by atoms with E-state index in [1.54, 1.807) is 4.90 Å². The van der Waals surface area contributed by atoms with Gasteiger partial charge in [0.05, 0.1) is 24.5 Å². The average Bonchev–Trinajstić information content (AvgIpc) is 2.92. The monoisotopic (exact) mass is 540 g/mol. The summed E-state index contributed by atoms with van der Waals surface area (Å²) >= 11 is 0. The predicted molar refractivity (Wildman–Crippen MR) is 147 cm³/mol. The van der Waals surface area contributed by atoms with Crippen molar-refractivity contribution in [2.75, 3.05) is 60.6 Å². The van der Waals surface area contributed by atoms with Gasteiger partial charge in [-0.2, -0.15) is 18.2 Å². The van der Waals surface area contributed by atoms with E-state index in [2.05, 4.69) is 59.8 Å². The van der Waals surface area contributed by atoms with Gasteiger partial charge in [0.2, 0.25) is 5.95 Å². The van der Waals surface area contributed by atoms with E-state index in [0.29, 0.717) is 51.9 Å². The van der Waals surface area contributed by atoms with Crippen molar-refractivity contribution >= 4 is 17.6 Å². The summed E-state index contributed by atoms with van der Waals surface area (Å²) in [6, 6.07) is 12.8. The van der Waals surface area contributed by atoms with E-state index in [9.17, 15) is 13.2 Å². The first-order valence-electron chi connectivity index (χ1n) is 13.4. The molecule has 208 valence electrons. The van der Waals surface area contributed by atoms with Crippen LogP contribution in [-0.4, -0.2) is 66.9 Å². The fourth-order valence-electron chi connectivity index (χ4n) is 5.12. The molecule has 0 unspecified atom stereocenters. The minimum Gasteiger partial charge on any atom is -0.378 e. The van der Waals surface area contributed by atoms with Gasteiger partial charge in [-0.05, 0) is 30.0 Å². The molecule has 2 aliphatic rings. The van der Waals surface area contributed by atoms with Gasteiger partial charge in [0, 0.05) is 56.6 Å². The Labute approximate surface area is 227 Å².